The Morgan fingerprint density at radius 3 is 2.54 bits per heavy atom. The third kappa shape index (κ3) is 4.24. The number of nitrogens with one attached hydrogen (secondary N) is 2. The fourth-order valence-electron chi connectivity index (χ4n) is 2.38. The van der Waals surface area contributed by atoms with Gasteiger partial charge in [0.15, 0.2) is 0 Å². The lowest BCUT2D eigenvalue weighted by Gasteiger charge is -2.30. The van der Waals surface area contributed by atoms with E-state index >= 15 is 0 Å². The average molecular weight is 333 g/mol. The van der Waals surface area contributed by atoms with E-state index in [0.29, 0.717) is 5.76 Å². The maximum atomic E-state index is 12.4. The van der Waals surface area contributed by atoms with Gasteiger partial charge in [-0.15, -0.1) is 0 Å². The molecule has 24 heavy (non-hydrogen) atoms. The number of carbonyl (C=O) groups is 1. The molecule has 0 aliphatic carbocycles. The smallest absolute Gasteiger partial charge is 0.328 e. The van der Waals surface area contributed by atoms with E-state index < -0.39 is 11.2 Å². The summed E-state index contributed by atoms with van der Waals surface area (Å²) in [7, 11) is 0. The van der Waals surface area contributed by atoms with Gasteiger partial charge in [-0.1, -0.05) is 27.7 Å². The summed E-state index contributed by atoms with van der Waals surface area (Å²) in [6, 6.07) is 4.63. The molecule has 0 bridgehead atoms. The molecular formula is C17H23N3O4. The lowest BCUT2D eigenvalue weighted by Crippen LogP contribution is -2.40. The van der Waals surface area contributed by atoms with Gasteiger partial charge in [0.1, 0.15) is 18.1 Å². The number of carbonyl (C=O) groups excluding carboxylic acids is 1. The second kappa shape index (κ2) is 6.90. The Morgan fingerprint density at radius 1 is 1.29 bits per heavy atom. The summed E-state index contributed by atoms with van der Waals surface area (Å²) in [4.78, 5) is 37.2. The first-order valence-electron chi connectivity index (χ1n) is 7.88. The molecule has 2 aromatic heterocycles. The van der Waals surface area contributed by atoms with E-state index in [2.05, 4.69) is 10.3 Å². The van der Waals surface area contributed by atoms with Gasteiger partial charge in [-0.2, -0.15) is 0 Å². The molecular weight excluding hydrogens is 310 g/mol. The average Bonchev–Trinajstić information content (AvgIpc) is 2.95. The quantitative estimate of drug-likeness (QED) is 0.868. The van der Waals surface area contributed by atoms with Crippen LogP contribution in [0.15, 0.2) is 38.4 Å². The number of rotatable bonds is 5. The molecule has 2 heterocycles. The van der Waals surface area contributed by atoms with Gasteiger partial charge in [0.05, 0.1) is 6.04 Å². The summed E-state index contributed by atoms with van der Waals surface area (Å²) in [6.45, 7) is 7.81. The highest BCUT2D eigenvalue weighted by atomic mass is 16.3. The topological polar surface area (TPSA) is 97.1 Å². The van der Waals surface area contributed by atoms with Crippen molar-refractivity contribution in [3.63, 3.8) is 0 Å². The van der Waals surface area contributed by atoms with Crippen LogP contribution in [0, 0.1) is 5.41 Å². The molecule has 0 saturated heterocycles. The largest absolute Gasteiger partial charge is 0.464 e. The van der Waals surface area contributed by atoms with E-state index in [-0.39, 0.29) is 23.9 Å². The molecule has 2 N–H and O–H groups in total. The number of aromatic amines is 1. The van der Waals surface area contributed by atoms with Crippen LogP contribution in [0.4, 0.5) is 0 Å². The normalized spacial score (nSPS) is 12.8. The molecule has 0 radical (unpaired) electrons. The van der Waals surface area contributed by atoms with E-state index in [1.165, 1.54) is 12.3 Å². The summed E-state index contributed by atoms with van der Waals surface area (Å²) in [6.07, 6.45) is 2.08. The van der Waals surface area contributed by atoms with Gasteiger partial charge in [0.2, 0.25) is 5.91 Å². The van der Waals surface area contributed by atoms with Gasteiger partial charge in [-0.25, -0.2) is 4.79 Å². The molecule has 0 unspecified atom stereocenters. The number of H-pyrrole nitrogens is 1. The van der Waals surface area contributed by atoms with Crippen molar-refractivity contribution in [2.45, 2.75) is 46.7 Å². The Balaban J connectivity index is 2.18. The highest BCUT2D eigenvalue weighted by molar-refractivity contribution is 5.76. The second-order valence-electron chi connectivity index (χ2n) is 6.76. The van der Waals surface area contributed by atoms with Crippen LogP contribution < -0.4 is 16.6 Å². The lowest BCUT2D eigenvalue weighted by atomic mass is 9.85. The molecule has 1 atom stereocenters. The molecule has 130 valence electrons. The van der Waals surface area contributed by atoms with Crippen molar-refractivity contribution in [3.05, 3.63) is 56.8 Å². The molecule has 2 rings (SSSR count). The number of aromatic nitrogens is 2. The Hall–Kier alpha value is -2.57. The first kappa shape index (κ1) is 17.8. The van der Waals surface area contributed by atoms with Crippen molar-refractivity contribution in [2.24, 2.45) is 5.41 Å². The third-order valence-corrected chi connectivity index (χ3v) is 3.70. The van der Waals surface area contributed by atoms with Crippen molar-refractivity contribution in [3.8, 4) is 0 Å². The van der Waals surface area contributed by atoms with Crippen LogP contribution in [0.25, 0.3) is 0 Å². The van der Waals surface area contributed by atoms with Crippen molar-refractivity contribution in [1.82, 2.24) is 14.9 Å². The summed E-state index contributed by atoms with van der Waals surface area (Å²) in [5, 5.41) is 2.92. The van der Waals surface area contributed by atoms with Crippen molar-refractivity contribution in [1.29, 1.82) is 0 Å². The standard InChI is InChI=1S/C17H23N3O4/c1-5-11-6-7-12(24-11)15(17(2,3)4)18-14(22)10-20-9-8-13(21)19-16(20)23/h6-9,15H,5,10H2,1-4H3,(H,18,22)(H,19,21,23)/t15-/m1/s1. The van der Waals surface area contributed by atoms with E-state index in [1.807, 2.05) is 39.8 Å². The third-order valence-electron chi connectivity index (χ3n) is 3.70. The Morgan fingerprint density at radius 2 is 2.00 bits per heavy atom. The summed E-state index contributed by atoms with van der Waals surface area (Å²) in [5.41, 5.74) is -1.38. The first-order chi connectivity index (χ1) is 11.2. The molecule has 2 aromatic rings. The van der Waals surface area contributed by atoms with Crippen molar-refractivity contribution >= 4 is 5.91 Å². The number of hydrogen-bond acceptors (Lipinski definition) is 4. The van der Waals surface area contributed by atoms with Crippen molar-refractivity contribution < 1.29 is 9.21 Å². The number of nitrogens with zero attached hydrogens (tertiary/aromatic N) is 1. The predicted octanol–water partition coefficient (Wildman–Crippen LogP) is 1.60. The second-order valence-corrected chi connectivity index (χ2v) is 6.76. The fourth-order valence-corrected chi connectivity index (χ4v) is 2.38. The highest BCUT2D eigenvalue weighted by Crippen LogP contribution is 2.33. The predicted molar refractivity (Wildman–Crippen MR) is 89.7 cm³/mol. The molecule has 7 nitrogen and oxygen atoms in total. The number of hydrogen-bond donors (Lipinski definition) is 2. The number of furan rings is 1. The van der Waals surface area contributed by atoms with Gasteiger partial charge in [0, 0.05) is 18.7 Å². The zero-order chi connectivity index (χ0) is 17.9. The van der Waals surface area contributed by atoms with E-state index in [9.17, 15) is 14.4 Å². The van der Waals surface area contributed by atoms with Gasteiger partial charge < -0.3 is 9.73 Å². The minimum Gasteiger partial charge on any atom is -0.464 e. The highest BCUT2D eigenvalue weighted by Gasteiger charge is 2.30. The van der Waals surface area contributed by atoms with Gasteiger partial charge in [-0.3, -0.25) is 19.1 Å². The molecule has 7 heteroatoms. The van der Waals surface area contributed by atoms with E-state index in [4.69, 9.17) is 4.42 Å². The van der Waals surface area contributed by atoms with Crippen LogP contribution in [0.2, 0.25) is 0 Å². The van der Waals surface area contributed by atoms with Gasteiger partial charge in [0.25, 0.3) is 5.56 Å². The maximum Gasteiger partial charge on any atom is 0.328 e. The minimum absolute atomic E-state index is 0.177. The zero-order valence-electron chi connectivity index (χ0n) is 14.4. The van der Waals surface area contributed by atoms with Crippen molar-refractivity contribution in [2.75, 3.05) is 0 Å². The Kier molecular flexibility index (Phi) is 5.11. The molecule has 1 amide bonds. The zero-order valence-corrected chi connectivity index (χ0v) is 14.4. The summed E-state index contributed by atoms with van der Waals surface area (Å²) >= 11 is 0. The summed E-state index contributed by atoms with van der Waals surface area (Å²) < 4.78 is 6.93. The monoisotopic (exact) mass is 333 g/mol. The number of aryl methyl sites for hydroxylation is 1. The summed E-state index contributed by atoms with van der Waals surface area (Å²) in [5.74, 6) is 1.20. The van der Waals surface area contributed by atoms with E-state index in [0.717, 1.165) is 16.7 Å². The molecule has 0 aromatic carbocycles. The fraction of sp³-hybridized carbons (Fsp3) is 0.471. The minimum atomic E-state index is -0.615. The SMILES string of the molecule is CCc1ccc([C@@H](NC(=O)Cn2ccc(=O)[nH]c2=O)C(C)(C)C)o1. The van der Waals surface area contributed by atoms with Crippen LogP contribution in [-0.4, -0.2) is 15.5 Å². The molecule has 0 saturated carbocycles. The number of amides is 1. The maximum absolute atomic E-state index is 12.4. The molecule has 0 spiro atoms. The lowest BCUT2D eigenvalue weighted by molar-refractivity contribution is -0.123. The van der Waals surface area contributed by atoms with Gasteiger partial charge in [-0.05, 0) is 17.5 Å². The van der Waals surface area contributed by atoms with E-state index in [1.54, 1.807) is 0 Å². The van der Waals surface area contributed by atoms with Crippen LogP contribution >= 0.6 is 0 Å². The van der Waals surface area contributed by atoms with Gasteiger partial charge >= 0.3 is 5.69 Å². The van der Waals surface area contributed by atoms with Crippen LogP contribution in [0.1, 0.15) is 45.3 Å². The Labute approximate surface area is 139 Å². The first-order valence-corrected chi connectivity index (χ1v) is 7.88. The van der Waals surface area contributed by atoms with Crippen LogP contribution in [-0.2, 0) is 17.8 Å². The van der Waals surface area contributed by atoms with Crippen LogP contribution in [0.3, 0.4) is 0 Å². The molecule has 0 fully saturated rings. The molecule has 0 aliphatic rings. The Bertz CT molecular complexity index is 823. The van der Waals surface area contributed by atoms with Crippen LogP contribution in [0.5, 0.6) is 0 Å². The molecule has 0 aliphatic heterocycles.